The van der Waals surface area contributed by atoms with Gasteiger partial charge in [0.15, 0.2) is 0 Å². The van der Waals surface area contributed by atoms with Crippen molar-refractivity contribution in [2.75, 3.05) is 6.54 Å². The van der Waals surface area contributed by atoms with Crippen LogP contribution in [0.5, 0.6) is 0 Å². The van der Waals surface area contributed by atoms with Crippen LogP contribution in [0.4, 0.5) is 4.79 Å². The molecule has 34 heavy (non-hydrogen) atoms. The zero-order valence-electron chi connectivity index (χ0n) is 21.3. The predicted molar refractivity (Wildman–Crippen MR) is 146 cm³/mol. The molecule has 0 radical (unpaired) electrons. The molecule has 2 atom stereocenters. The van der Waals surface area contributed by atoms with E-state index in [0.29, 0.717) is 19.4 Å². The molecule has 0 aromatic heterocycles. The quantitative estimate of drug-likeness (QED) is 0.321. The summed E-state index contributed by atoms with van der Waals surface area (Å²) in [5, 5.41) is 0. The molecule has 0 aliphatic rings. The van der Waals surface area contributed by atoms with Gasteiger partial charge in [-0.3, -0.25) is 0 Å². The Hall–Kier alpha value is -1.99. The Morgan fingerprint density at radius 1 is 1.03 bits per heavy atom. The first kappa shape index (κ1) is 28.2. The largest absolute Gasteiger partial charge is 0.444 e. The molecule has 0 aliphatic carbocycles. The van der Waals surface area contributed by atoms with E-state index >= 15 is 0 Å². The van der Waals surface area contributed by atoms with E-state index < -0.39 is 21.3 Å². The first-order valence-corrected chi connectivity index (χ1v) is 13.5. The molecule has 0 fully saturated rings. The Balaban J connectivity index is 2.25. The number of carbonyl (C=O) groups is 1. The summed E-state index contributed by atoms with van der Waals surface area (Å²) in [5.74, 6) is 0. The molecule has 0 saturated heterocycles. The molecule has 186 valence electrons. The second-order valence-electron chi connectivity index (χ2n) is 10.3. The number of nitrogens with zero attached hydrogens (tertiary/aromatic N) is 2. The fourth-order valence-corrected chi connectivity index (χ4v) is 4.15. The number of benzene rings is 2. The maximum atomic E-state index is 13.1. The Morgan fingerprint density at radius 2 is 1.62 bits per heavy atom. The van der Waals surface area contributed by atoms with Crippen LogP contribution in [-0.2, 0) is 15.7 Å². The summed E-state index contributed by atoms with van der Waals surface area (Å²) in [6, 6.07) is 17.6. The van der Waals surface area contributed by atoms with E-state index in [4.69, 9.17) is 4.74 Å². The van der Waals surface area contributed by atoms with Gasteiger partial charge in [0.25, 0.3) is 0 Å². The lowest BCUT2D eigenvalue weighted by Crippen LogP contribution is -2.39. The zero-order valence-corrected chi connectivity index (χ0v) is 23.7. The van der Waals surface area contributed by atoms with Crippen LogP contribution in [0.2, 0.25) is 0 Å². The van der Waals surface area contributed by atoms with E-state index in [1.54, 1.807) is 4.90 Å². The second-order valence-corrected chi connectivity index (χ2v) is 13.1. The summed E-state index contributed by atoms with van der Waals surface area (Å²) in [7, 11) is -1.37. The van der Waals surface area contributed by atoms with Crippen LogP contribution in [0.3, 0.4) is 0 Å². The molecule has 7 heteroatoms. The highest BCUT2D eigenvalue weighted by Gasteiger charge is 2.27. The molecule has 0 aliphatic heterocycles. The number of hydrogen-bond acceptors (Lipinski definition) is 3. The van der Waals surface area contributed by atoms with Crippen molar-refractivity contribution in [1.82, 2.24) is 4.90 Å². The standard InChI is InChI=1S/C27H37BrN2O3S/c1-20(21-15-17-23(28)18-16-21)30(25(31)33-26(2,3)4)19-11-14-24(22-12-9-8-10-13-22)29-34(32)27(5,6)7/h8-10,12-13,15-18,20H,11,14,19H2,1-7H3/b29-24+/t20-,34+/m0/s1. The normalized spacial score (nSPS) is 14.4. The first-order chi connectivity index (χ1) is 15.8. The molecule has 2 rings (SSSR count). The molecule has 2 aromatic carbocycles. The summed E-state index contributed by atoms with van der Waals surface area (Å²) in [6.45, 7) is 13.9. The monoisotopic (exact) mass is 548 g/mol. The van der Waals surface area contributed by atoms with Gasteiger partial charge < -0.3 is 9.64 Å². The van der Waals surface area contributed by atoms with E-state index in [0.717, 1.165) is 21.3 Å². The topological polar surface area (TPSA) is 59.0 Å². The van der Waals surface area contributed by atoms with Crippen molar-refractivity contribution in [3.05, 3.63) is 70.2 Å². The Morgan fingerprint density at radius 3 is 2.15 bits per heavy atom. The SMILES string of the molecule is C[C@@H](c1ccc(Br)cc1)N(CCC/C(=N\[S@](=O)C(C)(C)C)c1ccccc1)C(=O)OC(C)(C)C. The van der Waals surface area contributed by atoms with Crippen LogP contribution in [0, 0.1) is 0 Å². The van der Waals surface area contributed by atoms with Gasteiger partial charge in [-0.1, -0.05) is 58.4 Å². The van der Waals surface area contributed by atoms with Crippen molar-refractivity contribution < 1.29 is 13.7 Å². The molecule has 0 N–H and O–H groups in total. The number of halogens is 1. The Kier molecular flexibility index (Phi) is 10.1. The summed E-state index contributed by atoms with van der Waals surface area (Å²) in [6.07, 6.45) is 0.910. The van der Waals surface area contributed by atoms with Gasteiger partial charge in [-0.2, -0.15) is 4.40 Å². The lowest BCUT2D eigenvalue weighted by Gasteiger charge is -2.32. The zero-order chi connectivity index (χ0) is 25.5. The maximum absolute atomic E-state index is 13.1. The van der Waals surface area contributed by atoms with E-state index in [9.17, 15) is 9.00 Å². The molecular weight excluding hydrogens is 512 g/mol. The van der Waals surface area contributed by atoms with Crippen LogP contribution < -0.4 is 0 Å². The van der Waals surface area contributed by atoms with Crippen LogP contribution >= 0.6 is 15.9 Å². The van der Waals surface area contributed by atoms with Crippen LogP contribution in [-0.4, -0.2) is 37.8 Å². The third-order valence-corrected chi connectivity index (χ3v) is 7.05. The molecule has 0 saturated carbocycles. The Bertz CT molecular complexity index is 993. The molecule has 0 bridgehead atoms. The van der Waals surface area contributed by atoms with Crippen LogP contribution in [0.25, 0.3) is 0 Å². The molecular formula is C27H37BrN2O3S. The van der Waals surface area contributed by atoms with Crippen molar-refractivity contribution in [1.29, 1.82) is 0 Å². The fourth-order valence-electron chi connectivity index (χ4n) is 3.21. The van der Waals surface area contributed by atoms with Gasteiger partial charge in [-0.25, -0.2) is 9.00 Å². The fraction of sp³-hybridized carbons (Fsp3) is 0.481. The number of rotatable bonds is 8. The first-order valence-electron chi connectivity index (χ1n) is 11.6. The number of hydrogen-bond donors (Lipinski definition) is 0. The van der Waals surface area contributed by atoms with E-state index in [2.05, 4.69) is 20.3 Å². The molecule has 0 spiro atoms. The summed E-state index contributed by atoms with van der Waals surface area (Å²) in [5.41, 5.74) is 2.17. The van der Waals surface area contributed by atoms with Crippen molar-refractivity contribution in [2.45, 2.75) is 77.7 Å². The molecule has 0 unspecified atom stereocenters. The van der Waals surface area contributed by atoms with Crippen molar-refractivity contribution in [2.24, 2.45) is 4.40 Å². The van der Waals surface area contributed by atoms with E-state index in [-0.39, 0.29) is 12.1 Å². The maximum Gasteiger partial charge on any atom is 0.410 e. The van der Waals surface area contributed by atoms with Gasteiger partial charge >= 0.3 is 6.09 Å². The van der Waals surface area contributed by atoms with Crippen LogP contribution in [0.1, 0.15) is 78.5 Å². The minimum Gasteiger partial charge on any atom is -0.444 e. The summed E-state index contributed by atoms with van der Waals surface area (Å²) >= 11 is 3.47. The Labute approximate surface area is 215 Å². The lowest BCUT2D eigenvalue weighted by atomic mass is 10.0. The van der Waals surface area contributed by atoms with Gasteiger partial charge in [-0.15, -0.1) is 0 Å². The van der Waals surface area contributed by atoms with Gasteiger partial charge in [0, 0.05) is 11.0 Å². The number of amides is 1. The molecule has 5 nitrogen and oxygen atoms in total. The lowest BCUT2D eigenvalue weighted by molar-refractivity contribution is 0.0172. The third kappa shape index (κ3) is 8.99. The smallest absolute Gasteiger partial charge is 0.410 e. The van der Waals surface area contributed by atoms with Crippen LogP contribution in [0.15, 0.2) is 63.5 Å². The minimum atomic E-state index is -1.37. The highest BCUT2D eigenvalue weighted by Crippen LogP contribution is 2.25. The van der Waals surface area contributed by atoms with Crippen molar-refractivity contribution in [3.8, 4) is 0 Å². The second kappa shape index (κ2) is 12.1. The van der Waals surface area contributed by atoms with Gasteiger partial charge in [0.2, 0.25) is 0 Å². The average Bonchev–Trinajstić information content (AvgIpc) is 2.74. The molecule has 1 amide bonds. The minimum absolute atomic E-state index is 0.163. The molecule has 0 heterocycles. The van der Waals surface area contributed by atoms with Crippen molar-refractivity contribution in [3.63, 3.8) is 0 Å². The average molecular weight is 550 g/mol. The van der Waals surface area contributed by atoms with Gasteiger partial charge in [0.05, 0.1) is 16.5 Å². The van der Waals surface area contributed by atoms with E-state index in [1.165, 1.54) is 0 Å². The van der Waals surface area contributed by atoms with E-state index in [1.807, 2.05) is 103 Å². The highest BCUT2D eigenvalue weighted by atomic mass is 79.9. The highest BCUT2D eigenvalue weighted by molar-refractivity contribution is 9.10. The number of ether oxygens (including phenoxy) is 1. The summed E-state index contributed by atoms with van der Waals surface area (Å²) in [4.78, 5) is 14.9. The van der Waals surface area contributed by atoms with Crippen molar-refractivity contribution >= 4 is 38.7 Å². The summed E-state index contributed by atoms with van der Waals surface area (Å²) < 4.78 is 23.6. The van der Waals surface area contributed by atoms with Gasteiger partial charge in [-0.05, 0) is 84.6 Å². The van der Waals surface area contributed by atoms with Gasteiger partial charge in [0.1, 0.15) is 16.6 Å². The third-order valence-electron chi connectivity index (χ3n) is 5.08. The molecule has 2 aromatic rings. The predicted octanol–water partition coefficient (Wildman–Crippen LogP) is 7.48. The number of carbonyl (C=O) groups excluding carboxylic acids is 1.